The fourth-order valence-electron chi connectivity index (χ4n) is 2.29. The van der Waals surface area contributed by atoms with E-state index in [0.29, 0.717) is 0 Å². The monoisotopic (exact) mass is 285 g/mol. The zero-order valence-corrected chi connectivity index (χ0v) is 12.9. The van der Waals surface area contributed by atoms with Crippen LogP contribution in [0.1, 0.15) is 57.7 Å². The summed E-state index contributed by atoms with van der Waals surface area (Å²) in [5, 5.41) is 0. The smallest absolute Gasteiger partial charge is 0.159 e. The quantitative estimate of drug-likeness (QED) is 0.613. The number of rotatable bonds is 9. The molecule has 0 amide bonds. The van der Waals surface area contributed by atoms with Gasteiger partial charge in [-0.1, -0.05) is 57.3 Å². The van der Waals surface area contributed by atoms with Crippen molar-refractivity contribution in [3.63, 3.8) is 0 Å². The van der Waals surface area contributed by atoms with Crippen LogP contribution in [0, 0.1) is 6.42 Å². The van der Waals surface area contributed by atoms with Crippen molar-refractivity contribution in [3.05, 3.63) is 42.9 Å². The number of unbranched alkanes of at least 4 members (excludes halogenated alkanes) is 5. The Hall–Kier alpha value is -1.64. The molecule has 0 unspecified atom stereocenters. The number of ether oxygens (including phenoxy) is 1. The fourth-order valence-corrected chi connectivity index (χ4v) is 2.29. The minimum absolute atomic E-state index is 0.756. The van der Waals surface area contributed by atoms with Crippen LogP contribution in [0.15, 0.2) is 30.6 Å². The van der Waals surface area contributed by atoms with Crippen molar-refractivity contribution in [2.75, 3.05) is 6.61 Å². The van der Waals surface area contributed by atoms with Crippen molar-refractivity contribution in [1.82, 2.24) is 9.97 Å². The van der Waals surface area contributed by atoms with Crippen LogP contribution in [-0.4, -0.2) is 16.6 Å². The van der Waals surface area contributed by atoms with Crippen LogP contribution in [0.25, 0.3) is 5.57 Å². The molecule has 1 heterocycles. The molecule has 1 radical (unpaired) electrons. The largest absolute Gasteiger partial charge is 0.490 e. The van der Waals surface area contributed by atoms with Gasteiger partial charge in [-0.25, -0.2) is 9.97 Å². The van der Waals surface area contributed by atoms with E-state index in [9.17, 15) is 0 Å². The molecular formula is C18H25N2O. The maximum absolute atomic E-state index is 5.69. The average Bonchev–Trinajstić information content (AvgIpc) is 2.55. The molecule has 0 aromatic carbocycles. The molecule has 113 valence electrons. The minimum Gasteiger partial charge on any atom is -0.490 e. The van der Waals surface area contributed by atoms with Gasteiger partial charge in [0.25, 0.3) is 0 Å². The zero-order chi connectivity index (χ0) is 14.8. The highest BCUT2D eigenvalue weighted by Gasteiger charge is 2.04. The summed E-state index contributed by atoms with van der Waals surface area (Å²) in [5.74, 6) is 1.53. The molecule has 0 fully saturated rings. The van der Waals surface area contributed by atoms with Crippen molar-refractivity contribution >= 4 is 5.57 Å². The third kappa shape index (κ3) is 5.70. The highest BCUT2D eigenvalue weighted by atomic mass is 16.5. The van der Waals surface area contributed by atoms with Gasteiger partial charge in [-0.15, -0.1) is 0 Å². The SMILES string of the molecule is CCCCCCCCOc1cnc(C2=CC[CH]C=C2)nc1. The standard InChI is InChI=1S/C18H25N2O/c1-2-3-4-5-6-10-13-21-17-14-19-18(20-15-17)16-11-8-7-9-12-16/h7-8,11-12,14-15H,2-6,9-10,13H2,1H3. The van der Waals surface area contributed by atoms with Crippen molar-refractivity contribution in [2.24, 2.45) is 0 Å². The first-order valence-electron chi connectivity index (χ1n) is 8.05. The lowest BCUT2D eigenvalue weighted by Gasteiger charge is -2.08. The molecule has 1 aliphatic carbocycles. The van der Waals surface area contributed by atoms with Crippen molar-refractivity contribution in [3.8, 4) is 5.75 Å². The fraction of sp³-hybridized carbons (Fsp3) is 0.500. The Labute approximate surface area is 128 Å². The van der Waals surface area contributed by atoms with Crippen LogP contribution in [-0.2, 0) is 0 Å². The molecule has 2 rings (SSSR count). The lowest BCUT2D eigenvalue weighted by Crippen LogP contribution is -2.00. The molecule has 0 bridgehead atoms. The predicted octanol–water partition coefficient (Wildman–Crippen LogP) is 4.76. The van der Waals surface area contributed by atoms with Gasteiger partial charge < -0.3 is 4.74 Å². The van der Waals surface area contributed by atoms with E-state index in [4.69, 9.17) is 4.74 Å². The van der Waals surface area contributed by atoms with Crippen LogP contribution >= 0.6 is 0 Å². The molecule has 0 spiro atoms. The molecule has 1 aromatic heterocycles. The summed E-state index contributed by atoms with van der Waals surface area (Å²) in [6, 6.07) is 0. The molecule has 0 saturated heterocycles. The molecular weight excluding hydrogens is 260 g/mol. The van der Waals surface area contributed by atoms with Gasteiger partial charge in [0, 0.05) is 5.57 Å². The molecule has 0 atom stereocenters. The van der Waals surface area contributed by atoms with E-state index in [1.54, 1.807) is 12.4 Å². The van der Waals surface area contributed by atoms with E-state index >= 15 is 0 Å². The summed E-state index contributed by atoms with van der Waals surface area (Å²) >= 11 is 0. The van der Waals surface area contributed by atoms with E-state index in [1.165, 1.54) is 32.1 Å². The van der Waals surface area contributed by atoms with Gasteiger partial charge in [-0.3, -0.25) is 0 Å². The number of aromatic nitrogens is 2. The van der Waals surface area contributed by atoms with Gasteiger partial charge in [-0.05, 0) is 19.3 Å². The van der Waals surface area contributed by atoms with E-state index in [1.807, 2.05) is 12.2 Å². The molecule has 0 N–H and O–H groups in total. The normalized spacial score (nSPS) is 14.0. The average molecular weight is 285 g/mol. The number of hydrogen-bond donors (Lipinski definition) is 0. The number of nitrogens with zero attached hydrogens (tertiary/aromatic N) is 2. The molecule has 1 aromatic rings. The summed E-state index contributed by atoms with van der Waals surface area (Å²) in [6.45, 7) is 3.00. The van der Waals surface area contributed by atoms with Gasteiger partial charge in [0.05, 0.1) is 19.0 Å². The maximum Gasteiger partial charge on any atom is 0.159 e. The molecule has 3 heteroatoms. The van der Waals surface area contributed by atoms with E-state index < -0.39 is 0 Å². The van der Waals surface area contributed by atoms with Gasteiger partial charge in [0.1, 0.15) is 0 Å². The second-order valence-electron chi connectivity index (χ2n) is 5.35. The van der Waals surface area contributed by atoms with Crippen LogP contribution < -0.4 is 4.74 Å². The topological polar surface area (TPSA) is 35.0 Å². The summed E-state index contributed by atoms with van der Waals surface area (Å²) in [7, 11) is 0. The number of hydrogen-bond acceptors (Lipinski definition) is 3. The molecule has 0 saturated carbocycles. The van der Waals surface area contributed by atoms with E-state index in [2.05, 4.69) is 29.4 Å². The van der Waals surface area contributed by atoms with Crippen LogP contribution in [0.2, 0.25) is 0 Å². The highest BCUT2D eigenvalue weighted by molar-refractivity contribution is 5.71. The first kappa shape index (κ1) is 15.7. The van der Waals surface area contributed by atoms with Crippen molar-refractivity contribution < 1.29 is 4.74 Å². The zero-order valence-electron chi connectivity index (χ0n) is 12.9. The lowest BCUT2D eigenvalue weighted by molar-refractivity contribution is 0.302. The summed E-state index contributed by atoms with van der Waals surface area (Å²) < 4.78 is 5.69. The first-order chi connectivity index (χ1) is 10.4. The second kappa shape index (κ2) is 9.32. The Morgan fingerprint density at radius 2 is 1.81 bits per heavy atom. The van der Waals surface area contributed by atoms with Crippen LogP contribution in [0.4, 0.5) is 0 Å². The van der Waals surface area contributed by atoms with Gasteiger partial charge in [-0.2, -0.15) is 0 Å². The number of allylic oxidation sites excluding steroid dienone is 4. The predicted molar refractivity (Wildman–Crippen MR) is 86.9 cm³/mol. The molecule has 1 aliphatic rings. The van der Waals surface area contributed by atoms with Gasteiger partial charge >= 0.3 is 0 Å². The van der Waals surface area contributed by atoms with E-state index in [0.717, 1.165) is 36.6 Å². The molecule has 3 nitrogen and oxygen atoms in total. The second-order valence-corrected chi connectivity index (χ2v) is 5.35. The Balaban J connectivity index is 1.68. The van der Waals surface area contributed by atoms with Crippen LogP contribution in [0.5, 0.6) is 5.75 Å². The summed E-state index contributed by atoms with van der Waals surface area (Å²) in [6.07, 6.45) is 20.5. The van der Waals surface area contributed by atoms with Crippen molar-refractivity contribution in [2.45, 2.75) is 51.9 Å². The third-order valence-electron chi connectivity index (χ3n) is 3.54. The van der Waals surface area contributed by atoms with Gasteiger partial charge in [0.15, 0.2) is 11.6 Å². The molecule has 0 aliphatic heterocycles. The lowest BCUT2D eigenvalue weighted by atomic mass is 10.1. The van der Waals surface area contributed by atoms with E-state index in [-0.39, 0.29) is 0 Å². The Morgan fingerprint density at radius 1 is 1.05 bits per heavy atom. The van der Waals surface area contributed by atoms with Crippen molar-refractivity contribution in [1.29, 1.82) is 0 Å². The van der Waals surface area contributed by atoms with Crippen LogP contribution in [0.3, 0.4) is 0 Å². The third-order valence-corrected chi connectivity index (χ3v) is 3.54. The summed E-state index contributed by atoms with van der Waals surface area (Å²) in [5.41, 5.74) is 1.08. The Kier molecular flexibility index (Phi) is 6.99. The highest BCUT2D eigenvalue weighted by Crippen LogP contribution is 2.18. The van der Waals surface area contributed by atoms with Gasteiger partial charge in [0.2, 0.25) is 0 Å². The molecule has 21 heavy (non-hydrogen) atoms. The minimum atomic E-state index is 0.756. The maximum atomic E-state index is 5.69. The summed E-state index contributed by atoms with van der Waals surface area (Å²) in [4.78, 5) is 8.74. The first-order valence-corrected chi connectivity index (χ1v) is 8.05. The Morgan fingerprint density at radius 3 is 2.52 bits per heavy atom. The Bertz CT molecular complexity index is 463.